The number of carbonyl (C=O) groups excluding carboxylic acids is 1. The van der Waals surface area contributed by atoms with Gasteiger partial charge >= 0.3 is 0 Å². The van der Waals surface area contributed by atoms with Crippen LogP contribution >= 0.6 is 0 Å². The highest BCUT2D eigenvalue weighted by Crippen LogP contribution is 2.34. The van der Waals surface area contributed by atoms with Crippen LogP contribution in [0.25, 0.3) is 0 Å². The molecular weight excluding hydrogens is 240 g/mol. The van der Waals surface area contributed by atoms with E-state index in [0.29, 0.717) is 11.4 Å². The normalized spacial score (nSPS) is 13.4. The van der Waals surface area contributed by atoms with Gasteiger partial charge in [0.25, 0.3) is 0 Å². The fourth-order valence-corrected chi connectivity index (χ4v) is 2.12. The molecule has 92 valence electrons. The molecule has 19 heavy (non-hydrogen) atoms. The summed E-state index contributed by atoms with van der Waals surface area (Å²) in [4.78, 5) is 17.7. The van der Waals surface area contributed by atoms with Gasteiger partial charge in [0.05, 0.1) is 16.9 Å². The summed E-state index contributed by atoms with van der Waals surface area (Å²) in [7, 11) is 0. The molecule has 1 aliphatic rings. The van der Waals surface area contributed by atoms with Crippen molar-refractivity contribution < 1.29 is 4.79 Å². The lowest BCUT2D eigenvalue weighted by Gasteiger charge is -2.30. The minimum Gasteiger partial charge on any atom is -0.323 e. The van der Waals surface area contributed by atoms with Crippen LogP contribution in [0.2, 0.25) is 0 Å². The first-order valence-corrected chi connectivity index (χ1v) is 5.81. The number of anilines is 3. The van der Waals surface area contributed by atoms with Crippen molar-refractivity contribution in [2.75, 3.05) is 16.8 Å². The first-order valence-electron chi connectivity index (χ1n) is 5.81. The molecule has 3 rings (SSSR count). The second kappa shape index (κ2) is 4.42. The number of nitrogens with one attached hydrogen (secondary N) is 1. The Balaban J connectivity index is 2.16. The van der Waals surface area contributed by atoms with Crippen LogP contribution in [0.4, 0.5) is 17.2 Å². The zero-order chi connectivity index (χ0) is 13.2. The minimum absolute atomic E-state index is 0.117. The monoisotopic (exact) mass is 250 g/mol. The Hall–Kier alpha value is -2.87. The van der Waals surface area contributed by atoms with Gasteiger partial charge in [-0.3, -0.25) is 4.79 Å². The van der Waals surface area contributed by atoms with Gasteiger partial charge in [-0.1, -0.05) is 12.1 Å². The third-order valence-corrected chi connectivity index (χ3v) is 2.93. The SMILES string of the molecule is N#Cc1cccnc1N1CC(=O)Nc2ccccc21. The molecular formula is C14H10N4O. The van der Waals surface area contributed by atoms with E-state index in [0.717, 1.165) is 11.4 Å². The van der Waals surface area contributed by atoms with Crippen LogP contribution in [0.1, 0.15) is 5.56 Å². The number of nitrogens with zero attached hydrogens (tertiary/aromatic N) is 3. The second-order valence-electron chi connectivity index (χ2n) is 4.14. The topological polar surface area (TPSA) is 69.0 Å². The zero-order valence-corrected chi connectivity index (χ0v) is 10.00. The summed E-state index contributed by atoms with van der Waals surface area (Å²) in [6.45, 7) is 0.155. The van der Waals surface area contributed by atoms with Crippen molar-refractivity contribution in [2.24, 2.45) is 0 Å². The van der Waals surface area contributed by atoms with Gasteiger partial charge in [-0.15, -0.1) is 0 Å². The summed E-state index contributed by atoms with van der Waals surface area (Å²) in [6, 6.07) is 13.0. The Morgan fingerprint density at radius 1 is 1.26 bits per heavy atom. The highest BCUT2D eigenvalue weighted by Gasteiger charge is 2.25. The van der Waals surface area contributed by atoms with E-state index in [4.69, 9.17) is 5.26 Å². The molecule has 5 nitrogen and oxygen atoms in total. The smallest absolute Gasteiger partial charge is 0.244 e. The zero-order valence-electron chi connectivity index (χ0n) is 10.00. The number of aromatic nitrogens is 1. The number of hydrogen-bond acceptors (Lipinski definition) is 4. The van der Waals surface area contributed by atoms with E-state index in [9.17, 15) is 4.79 Å². The van der Waals surface area contributed by atoms with E-state index in [1.165, 1.54) is 0 Å². The summed E-state index contributed by atoms with van der Waals surface area (Å²) in [5, 5.41) is 12.0. The van der Waals surface area contributed by atoms with Crippen molar-refractivity contribution in [3.63, 3.8) is 0 Å². The predicted molar refractivity (Wildman–Crippen MR) is 71.0 cm³/mol. The number of pyridine rings is 1. The maximum absolute atomic E-state index is 11.7. The van der Waals surface area contributed by atoms with Crippen LogP contribution in [0.15, 0.2) is 42.6 Å². The Morgan fingerprint density at radius 3 is 2.95 bits per heavy atom. The van der Waals surface area contributed by atoms with Crippen LogP contribution in [0.3, 0.4) is 0 Å². The molecule has 0 unspecified atom stereocenters. The first kappa shape index (κ1) is 11.2. The first-order chi connectivity index (χ1) is 9.29. The molecule has 0 fully saturated rings. The number of para-hydroxylation sites is 2. The van der Waals surface area contributed by atoms with Crippen LogP contribution in [-0.4, -0.2) is 17.4 Å². The molecule has 1 aromatic heterocycles. The molecule has 1 aromatic carbocycles. The molecule has 5 heteroatoms. The summed E-state index contributed by atoms with van der Waals surface area (Å²) in [5.41, 5.74) is 2.03. The van der Waals surface area contributed by atoms with E-state index in [1.54, 1.807) is 23.2 Å². The van der Waals surface area contributed by atoms with Crippen molar-refractivity contribution in [2.45, 2.75) is 0 Å². The molecule has 1 aliphatic heterocycles. The van der Waals surface area contributed by atoms with Gasteiger partial charge in [0.2, 0.25) is 5.91 Å². The minimum atomic E-state index is -0.117. The van der Waals surface area contributed by atoms with Gasteiger partial charge in [0.15, 0.2) is 5.82 Å². The number of benzene rings is 1. The van der Waals surface area contributed by atoms with E-state index in [-0.39, 0.29) is 12.5 Å². The quantitative estimate of drug-likeness (QED) is 0.840. The lowest BCUT2D eigenvalue weighted by molar-refractivity contribution is -0.115. The molecule has 0 spiro atoms. The highest BCUT2D eigenvalue weighted by atomic mass is 16.2. The molecule has 1 amide bonds. The van der Waals surface area contributed by atoms with E-state index < -0.39 is 0 Å². The van der Waals surface area contributed by atoms with Crippen LogP contribution < -0.4 is 10.2 Å². The van der Waals surface area contributed by atoms with E-state index in [2.05, 4.69) is 16.4 Å². The van der Waals surface area contributed by atoms with Crippen molar-refractivity contribution >= 4 is 23.1 Å². The van der Waals surface area contributed by atoms with Crippen molar-refractivity contribution in [3.8, 4) is 6.07 Å². The summed E-state index contributed by atoms with van der Waals surface area (Å²) in [6.07, 6.45) is 1.62. The molecule has 0 saturated heterocycles. The molecule has 0 atom stereocenters. The van der Waals surface area contributed by atoms with Gasteiger partial charge < -0.3 is 10.2 Å². The Morgan fingerprint density at radius 2 is 2.11 bits per heavy atom. The second-order valence-corrected chi connectivity index (χ2v) is 4.14. The Kier molecular flexibility index (Phi) is 2.62. The third-order valence-electron chi connectivity index (χ3n) is 2.93. The lowest BCUT2D eigenvalue weighted by atomic mass is 10.1. The molecule has 0 bridgehead atoms. The largest absolute Gasteiger partial charge is 0.323 e. The van der Waals surface area contributed by atoms with Gasteiger partial charge in [0.1, 0.15) is 12.6 Å². The highest BCUT2D eigenvalue weighted by molar-refractivity contribution is 6.03. The average Bonchev–Trinajstić information content (AvgIpc) is 2.46. The third kappa shape index (κ3) is 1.89. The van der Waals surface area contributed by atoms with Crippen LogP contribution in [-0.2, 0) is 4.79 Å². The van der Waals surface area contributed by atoms with Crippen LogP contribution in [0, 0.1) is 11.3 Å². The van der Waals surface area contributed by atoms with Gasteiger partial charge in [-0.2, -0.15) is 5.26 Å². The van der Waals surface area contributed by atoms with Gasteiger partial charge in [-0.25, -0.2) is 4.98 Å². The lowest BCUT2D eigenvalue weighted by Crippen LogP contribution is -2.35. The molecule has 2 aromatic rings. The number of carbonyl (C=O) groups is 1. The molecule has 1 N–H and O–H groups in total. The molecule has 0 radical (unpaired) electrons. The van der Waals surface area contributed by atoms with E-state index in [1.807, 2.05) is 24.3 Å². The van der Waals surface area contributed by atoms with Crippen molar-refractivity contribution in [3.05, 3.63) is 48.2 Å². The predicted octanol–water partition coefficient (Wildman–Crippen LogP) is 2.04. The number of nitriles is 1. The fraction of sp³-hybridized carbons (Fsp3) is 0.0714. The molecule has 0 saturated carbocycles. The fourth-order valence-electron chi connectivity index (χ4n) is 2.12. The average molecular weight is 250 g/mol. The number of hydrogen-bond donors (Lipinski definition) is 1. The van der Waals surface area contributed by atoms with E-state index >= 15 is 0 Å². The van der Waals surface area contributed by atoms with Crippen LogP contribution in [0.5, 0.6) is 0 Å². The number of fused-ring (bicyclic) bond motifs is 1. The molecule has 0 aliphatic carbocycles. The molecule has 2 heterocycles. The van der Waals surface area contributed by atoms with Gasteiger partial charge in [-0.05, 0) is 24.3 Å². The van der Waals surface area contributed by atoms with Crippen molar-refractivity contribution in [1.29, 1.82) is 5.26 Å². The standard InChI is InChI=1S/C14H10N4O/c15-8-10-4-3-7-16-14(10)18-9-13(19)17-11-5-1-2-6-12(11)18/h1-7H,9H2,(H,17,19). The summed E-state index contributed by atoms with van der Waals surface area (Å²) >= 11 is 0. The maximum atomic E-state index is 11.7. The number of rotatable bonds is 1. The Labute approximate surface area is 110 Å². The summed E-state index contributed by atoms with van der Waals surface area (Å²) in [5.74, 6) is 0.389. The maximum Gasteiger partial charge on any atom is 0.244 e. The van der Waals surface area contributed by atoms with Crippen molar-refractivity contribution in [1.82, 2.24) is 4.98 Å². The number of amides is 1. The Bertz CT molecular complexity index is 690. The van der Waals surface area contributed by atoms with Gasteiger partial charge in [0, 0.05) is 6.20 Å². The summed E-state index contributed by atoms with van der Waals surface area (Å²) < 4.78 is 0.